The molecule has 8 atom stereocenters. The third kappa shape index (κ3) is 7.70. The average Bonchev–Trinajstić information content (AvgIpc) is 3.61. The van der Waals surface area contributed by atoms with E-state index in [-0.39, 0.29) is 48.6 Å². The fraction of sp³-hybridized carbons (Fsp3) is 0.939. The van der Waals surface area contributed by atoms with E-state index >= 15 is 0 Å². The Labute approximate surface area is 285 Å². The predicted octanol–water partition coefficient (Wildman–Crippen LogP) is 7.77. The molecule has 0 bridgehead atoms. The Morgan fingerprint density at radius 2 is 1.21 bits per heavy atom. The first kappa shape index (κ1) is 34.6. The SMILES string of the molecule is CC(I)C(=O)OC1CCCCCCN(O)C2(CCCC(C3CCC4(CC(OC(=O)C(C)I)CC5(CCCC5)N4O)C3)C2)C1. The van der Waals surface area contributed by atoms with Crippen LogP contribution in [-0.2, 0) is 19.1 Å². The maximum atomic E-state index is 12.7. The summed E-state index contributed by atoms with van der Waals surface area (Å²) in [5, 5.41) is 27.0. The van der Waals surface area contributed by atoms with Crippen LogP contribution in [0.4, 0.5) is 0 Å². The number of esters is 2. The van der Waals surface area contributed by atoms with Crippen LogP contribution in [0, 0.1) is 11.8 Å². The highest BCUT2D eigenvalue weighted by atomic mass is 127. The van der Waals surface area contributed by atoms with Crippen LogP contribution >= 0.6 is 45.2 Å². The lowest BCUT2D eigenvalue weighted by Crippen LogP contribution is -2.64. The third-order valence-electron chi connectivity index (χ3n) is 11.8. The monoisotopic (exact) mass is 828 g/mol. The zero-order valence-electron chi connectivity index (χ0n) is 26.3. The van der Waals surface area contributed by atoms with Crippen LogP contribution < -0.4 is 0 Å². The van der Waals surface area contributed by atoms with Crippen LogP contribution in [0.25, 0.3) is 0 Å². The molecule has 0 radical (unpaired) electrons. The molecule has 0 amide bonds. The van der Waals surface area contributed by atoms with Crippen LogP contribution in [0.5, 0.6) is 0 Å². The van der Waals surface area contributed by atoms with Crippen molar-refractivity contribution in [2.75, 3.05) is 6.54 Å². The van der Waals surface area contributed by atoms with Gasteiger partial charge in [0.25, 0.3) is 0 Å². The Bertz CT molecular complexity index is 977. The number of carbonyl (C=O) groups excluding carboxylic acids is 2. The lowest BCUT2D eigenvalue weighted by atomic mass is 9.67. The molecule has 3 aliphatic carbocycles. The molecule has 2 heterocycles. The van der Waals surface area contributed by atoms with E-state index in [9.17, 15) is 20.0 Å². The Balaban J connectivity index is 1.34. The van der Waals surface area contributed by atoms with Gasteiger partial charge in [0.1, 0.15) is 20.1 Å². The molecule has 246 valence electrons. The maximum Gasteiger partial charge on any atom is 0.318 e. The number of alkyl halides is 2. The van der Waals surface area contributed by atoms with E-state index in [1.54, 1.807) is 10.1 Å². The van der Waals surface area contributed by atoms with Gasteiger partial charge in [-0.1, -0.05) is 83.7 Å². The molecule has 8 nitrogen and oxygen atoms in total. The summed E-state index contributed by atoms with van der Waals surface area (Å²) < 4.78 is 11.8. The summed E-state index contributed by atoms with van der Waals surface area (Å²) in [6, 6.07) is 0. The lowest BCUT2D eigenvalue weighted by Gasteiger charge is -2.54. The molecular formula is C33H54I2N2O6. The molecule has 43 heavy (non-hydrogen) atoms. The Hall–Kier alpha value is 0.240. The van der Waals surface area contributed by atoms with Crippen molar-refractivity contribution in [1.82, 2.24) is 10.1 Å². The smallest absolute Gasteiger partial charge is 0.318 e. The van der Waals surface area contributed by atoms with E-state index in [0.717, 1.165) is 109 Å². The molecule has 3 spiro atoms. The van der Waals surface area contributed by atoms with Crippen molar-refractivity contribution < 1.29 is 29.5 Å². The molecule has 5 rings (SSSR count). The van der Waals surface area contributed by atoms with Crippen LogP contribution in [0.3, 0.4) is 0 Å². The minimum Gasteiger partial charge on any atom is -0.462 e. The highest BCUT2D eigenvalue weighted by molar-refractivity contribution is 14.1. The molecule has 5 aliphatic rings. The molecule has 0 aromatic heterocycles. The second-order valence-corrected chi connectivity index (χ2v) is 18.6. The molecule has 2 aliphatic heterocycles. The Morgan fingerprint density at radius 3 is 1.91 bits per heavy atom. The molecule has 5 fully saturated rings. The number of carbonyl (C=O) groups is 2. The molecule has 8 unspecified atom stereocenters. The summed E-state index contributed by atoms with van der Waals surface area (Å²) in [5.41, 5.74) is -1.03. The first-order valence-corrected chi connectivity index (χ1v) is 19.6. The molecule has 0 aromatic carbocycles. The van der Waals surface area contributed by atoms with E-state index in [1.165, 1.54) is 0 Å². The zero-order valence-corrected chi connectivity index (χ0v) is 30.6. The van der Waals surface area contributed by atoms with Gasteiger partial charge in [0.05, 0.1) is 11.1 Å². The summed E-state index contributed by atoms with van der Waals surface area (Å²) in [6.45, 7) is 4.43. The van der Waals surface area contributed by atoms with Gasteiger partial charge in [0, 0.05) is 31.3 Å². The van der Waals surface area contributed by atoms with Crippen LogP contribution in [0.1, 0.15) is 136 Å². The summed E-state index contributed by atoms with van der Waals surface area (Å²) in [4.78, 5) is 25.3. The summed E-state index contributed by atoms with van der Waals surface area (Å²) in [5.74, 6) is 0.592. The van der Waals surface area contributed by atoms with Crippen molar-refractivity contribution in [3.63, 3.8) is 0 Å². The number of hydrogen-bond donors (Lipinski definition) is 2. The lowest BCUT2D eigenvalue weighted by molar-refractivity contribution is -0.277. The first-order valence-electron chi connectivity index (χ1n) is 17.1. The standard InChI is InChI=1S/C33H54I2N2O6/c1-23(34)29(38)42-27-11-5-3-4-8-17-36(40)32(20-27)15-9-10-25(18-32)26-12-16-33(19-26)22-28(43-30(39)24(2)35)21-31(37(33)41)13-6-7-14-31/h23-28,40-41H,3-22H2,1-2H3. The van der Waals surface area contributed by atoms with Gasteiger partial charge in [0.2, 0.25) is 0 Å². The Morgan fingerprint density at radius 1 is 0.651 bits per heavy atom. The summed E-state index contributed by atoms with van der Waals surface area (Å²) >= 11 is 4.26. The fourth-order valence-electron chi connectivity index (χ4n) is 9.73. The number of halogens is 2. The van der Waals surface area contributed by atoms with Gasteiger partial charge in [-0.3, -0.25) is 9.59 Å². The van der Waals surface area contributed by atoms with E-state index in [2.05, 4.69) is 45.2 Å². The van der Waals surface area contributed by atoms with E-state index in [0.29, 0.717) is 31.2 Å². The minimum absolute atomic E-state index is 0.143. The van der Waals surface area contributed by atoms with Gasteiger partial charge in [-0.15, -0.1) is 0 Å². The van der Waals surface area contributed by atoms with Gasteiger partial charge in [-0.05, 0) is 89.9 Å². The molecule has 3 saturated carbocycles. The van der Waals surface area contributed by atoms with Crippen LogP contribution in [-0.4, -0.2) is 75.7 Å². The second-order valence-electron chi connectivity index (χ2n) is 14.8. The minimum atomic E-state index is -0.387. The van der Waals surface area contributed by atoms with Crippen molar-refractivity contribution in [3.8, 4) is 0 Å². The summed E-state index contributed by atoms with van der Waals surface area (Å²) in [7, 11) is 0. The van der Waals surface area contributed by atoms with Gasteiger partial charge in [-0.2, -0.15) is 10.1 Å². The van der Waals surface area contributed by atoms with Crippen molar-refractivity contribution in [2.24, 2.45) is 11.8 Å². The number of rotatable bonds is 5. The number of hydroxylamine groups is 4. The maximum absolute atomic E-state index is 12.7. The third-order valence-corrected chi connectivity index (χ3v) is 12.8. The largest absolute Gasteiger partial charge is 0.462 e. The van der Waals surface area contributed by atoms with Crippen LogP contribution in [0.2, 0.25) is 0 Å². The van der Waals surface area contributed by atoms with Crippen molar-refractivity contribution in [2.45, 2.75) is 173 Å². The quantitative estimate of drug-likeness (QED) is 0.165. The van der Waals surface area contributed by atoms with E-state index in [4.69, 9.17) is 9.47 Å². The molecule has 10 heteroatoms. The number of nitrogens with zero attached hydrogens (tertiary/aromatic N) is 2. The molecular weight excluding hydrogens is 774 g/mol. The fourth-order valence-corrected chi connectivity index (χ4v) is 10.0. The zero-order chi connectivity index (χ0) is 30.8. The predicted molar refractivity (Wildman–Crippen MR) is 182 cm³/mol. The van der Waals surface area contributed by atoms with Gasteiger partial charge in [-0.25, -0.2) is 0 Å². The van der Waals surface area contributed by atoms with Crippen molar-refractivity contribution >= 4 is 57.1 Å². The molecule has 2 saturated heterocycles. The topological polar surface area (TPSA) is 99.5 Å². The first-order chi connectivity index (χ1) is 20.5. The highest BCUT2D eigenvalue weighted by Crippen LogP contribution is 2.57. The van der Waals surface area contributed by atoms with E-state index in [1.807, 2.05) is 13.8 Å². The van der Waals surface area contributed by atoms with Crippen molar-refractivity contribution in [3.05, 3.63) is 0 Å². The number of piperidine rings is 1. The average molecular weight is 829 g/mol. The van der Waals surface area contributed by atoms with Crippen molar-refractivity contribution in [1.29, 1.82) is 0 Å². The number of hydrogen-bond acceptors (Lipinski definition) is 8. The molecule has 2 N–H and O–H groups in total. The van der Waals surface area contributed by atoms with Gasteiger partial charge in [0.15, 0.2) is 0 Å². The molecule has 0 aromatic rings. The normalized spacial score (nSPS) is 39.1. The second kappa shape index (κ2) is 14.6. The van der Waals surface area contributed by atoms with E-state index < -0.39 is 0 Å². The summed E-state index contributed by atoms with van der Waals surface area (Å²) in [6.07, 6.45) is 17.9. The van der Waals surface area contributed by atoms with Crippen LogP contribution in [0.15, 0.2) is 0 Å². The van der Waals surface area contributed by atoms with Gasteiger partial charge < -0.3 is 19.9 Å². The number of ether oxygens (including phenoxy) is 2. The Kier molecular flexibility index (Phi) is 11.7. The highest BCUT2D eigenvalue weighted by Gasteiger charge is 2.59. The van der Waals surface area contributed by atoms with Gasteiger partial charge >= 0.3 is 11.9 Å².